The number of hydrogen-bond donors (Lipinski definition) is 0. The maximum atomic E-state index is 13.9. The Labute approximate surface area is 164 Å². The molecule has 0 spiro atoms. The first-order valence-corrected chi connectivity index (χ1v) is 9.44. The van der Waals surface area contributed by atoms with Crippen LogP contribution in [-0.2, 0) is 11.3 Å². The predicted octanol–water partition coefficient (Wildman–Crippen LogP) is 2.33. The van der Waals surface area contributed by atoms with Crippen LogP contribution < -0.4 is 14.4 Å². The number of carbonyl (C=O) groups excluding carboxylic acids is 1. The number of ether oxygens (including phenoxy) is 2. The predicted molar refractivity (Wildman–Crippen MR) is 104 cm³/mol. The molecule has 0 radical (unpaired) electrons. The third-order valence-corrected chi connectivity index (χ3v) is 5.12. The van der Waals surface area contributed by atoms with Crippen LogP contribution in [-0.4, -0.2) is 62.3 Å². The molecule has 1 fully saturated rings. The van der Waals surface area contributed by atoms with Crippen LogP contribution in [0.15, 0.2) is 42.5 Å². The Balaban J connectivity index is 1.28. The van der Waals surface area contributed by atoms with Crippen LogP contribution in [0.25, 0.3) is 0 Å². The van der Waals surface area contributed by atoms with Crippen LogP contribution in [0.2, 0.25) is 0 Å². The van der Waals surface area contributed by atoms with Gasteiger partial charge in [0.15, 0.2) is 11.5 Å². The molecule has 0 N–H and O–H groups in total. The topological polar surface area (TPSA) is 45.3 Å². The fourth-order valence-electron chi connectivity index (χ4n) is 3.64. The summed E-state index contributed by atoms with van der Waals surface area (Å²) in [6, 6.07) is 12.6. The molecule has 2 heterocycles. The molecule has 0 unspecified atom stereocenters. The van der Waals surface area contributed by atoms with Crippen molar-refractivity contribution in [3.63, 3.8) is 0 Å². The van der Waals surface area contributed by atoms with Crippen LogP contribution >= 0.6 is 0 Å². The summed E-state index contributed by atoms with van der Waals surface area (Å²) in [5, 5.41) is 0. The average molecular weight is 385 g/mol. The SMILES string of the molecule is CN(CC(=O)N1CCN(c2ccccc2F)CC1)Cc1ccc2c(c1)OCO2. The lowest BCUT2D eigenvalue weighted by Crippen LogP contribution is -2.51. The third-order valence-electron chi connectivity index (χ3n) is 5.12. The number of halogens is 1. The van der Waals surface area contributed by atoms with E-state index in [1.807, 2.05) is 46.0 Å². The number of rotatable bonds is 5. The highest BCUT2D eigenvalue weighted by atomic mass is 19.1. The second-order valence-corrected chi connectivity index (χ2v) is 7.18. The Hall–Kier alpha value is -2.80. The monoisotopic (exact) mass is 385 g/mol. The molecule has 7 heteroatoms. The maximum absolute atomic E-state index is 13.9. The van der Waals surface area contributed by atoms with Gasteiger partial charge in [-0.25, -0.2) is 4.39 Å². The van der Waals surface area contributed by atoms with E-state index in [4.69, 9.17) is 9.47 Å². The zero-order chi connectivity index (χ0) is 19.5. The van der Waals surface area contributed by atoms with Crippen LogP contribution in [0.3, 0.4) is 0 Å². The van der Waals surface area contributed by atoms with Gasteiger partial charge in [-0.05, 0) is 36.9 Å². The molecule has 0 bridgehead atoms. The number of nitrogens with zero attached hydrogens (tertiary/aromatic N) is 3. The third kappa shape index (κ3) is 4.04. The van der Waals surface area contributed by atoms with Gasteiger partial charge in [0, 0.05) is 32.7 Å². The quantitative estimate of drug-likeness (QED) is 0.791. The fourth-order valence-corrected chi connectivity index (χ4v) is 3.64. The van der Waals surface area contributed by atoms with E-state index in [2.05, 4.69) is 0 Å². The van der Waals surface area contributed by atoms with Crippen LogP contribution in [0.5, 0.6) is 11.5 Å². The molecule has 2 aliphatic rings. The lowest BCUT2D eigenvalue weighted by atomic mass is 10.2. The van der Waals surface area contributed by atoms with Gasteiger partial charge in [-0.2, -0.15) is 0 Å². The number of amides is 1. The molecule has 1 amide bonds. The average Bonchev–Trinajstić information content (AvgIpc) is 3.16. The van der Waals surface area contributed by atoms with Gasteiger partial charge in [0.1, 0.15) is 5.82 Å². The van der Waals surface area contributed by atoms with E-state index in [1.54, 1.807) is 12.1 Å². The summed E-state index contributed by atoms with van der Waals surface area (Å²) in [5.74, 6) is 1.39. The number of fused-ring (bicyclic) bond motifs is 1. The Bertz CT molecular complexity index is 853. The number of para-hydroxylation sites is 1. The van der Waals surface area contributed by atoms with Crippen molar-refractivity contribution in [2.24, 2.45) is 0 Å². The lowest BCUT2D eigenvalue weighted by Gasteiger charge is -2.36. The first-order chi connectivity index (χ1) is 13.6. The largest absolute Gasteiger partial charge is 0.454 e. The van der Waals surface area contributed by atoms with Crippen molar-refractivity contribution in [1.82, 2.24) is 9.80 Å². The second kappa shape index (κ2) is 8.06. The summed E-state index contributed by atoms with van der Waals surface area (Å²) in [5.41, 5.74) is 1.68. The standard InChI is InChI=1S/C21H24FN3O3/c1-23(13-16-6-7-19-20(12-16)28-15-27-19)14-21(26)25-10-8-24(9-11-25)18-5-3-2-4-17(18)22/h2-7,12H,8-11,13-15H2,1H3. The van der Waals surface area contributed by atoms with Gasteiger partial charge in [0.05, 0.1) is 12.2 Å². The molecular weight excluding hydrogens is 361 g/mol. The van der Waals surface area contributed by atoms with E-state index >= 15 is 0 Å². The smallest absolute Gasteiger partial charge is 0.236 e. The Kier molecular flexibility index (Phi) is 5.34. The molecule has 2 aromatic carbocycles. The summed E-state index contributed by atoms with van der Waals surface area (Å²) in [7, 11) is 1.93. The summed E-state index contributed by atoms with van der Waals surface area (Å²) >= 11 is 0. The number of benzene rings is 2. The van der Waals surface area contributed by atoms with Crippen LogP contribution in [0.4, 0.5) is 10.1 Å². The molecule has 4 rings (SSSR count). The Morgan fingerprint density at radius 2 is 1.82 bits per heavy atom. The Morgan fingerprint density at radius 1 is 1.07 bits per heavy atom. The molecule has 2 aliphatic heterocycles. The molecule has 148 valence electrons. The Morgan fingerprint density at radius 3 is 2.61 bits per heavy atom. The highest BCUT2D eigenvalue weighted by molar-refractivity contribution is 5.78. The summed E-state index contributed by atoms with van der Waals surface area (Å²) in [6.07, 6.45) is 0. The zero-order valence-corrected chi connectivity index (χ0v) is 15.9. The number of piperazine rings is 1. The van der Waals surface area contributed by atoms with Crippen LogP contribution in [0, 0.1) is 5.82 Å². The highest BCUT2D eigenvalue weighted by Gasteiger charge is 2.23. The van der Waals surface area contributed by atoms with Gasteiger partial charge in [0.2, 0.25) is 12.7 Å². The van der Waals surface area contributed by atoms with Gasteiger partial charge in [-0.3, -0.25) is 9.69 Å². The molecule has 28 heavy (non-hydrogen) atoms. The minimum atomic E-state index is -0.217. The van der Waals surface area contributed by atoms with Crippen molar-refractivity contribution in [3.05, 3.63) is 53.8 Å². The van der Waals surface area contributed by atoms with Gasteiger partial charge in [-0.15, -0.1) is 0 Å². The second-order valence-electron chi connectivity index (χ2n) is 7.18. The highest BCUT2D eigenvalue weighted by Crippen LogP contribution is 2.32. The fraction of sp³-hybridized carbons (Fsp3) is 0.381. The molecular formula is C21H24FN3O3. The van der Waals surface area contributed by atoms with Gasteiger partial charge >= 0.3 is 0 Å². The van der Waals surface area contributed by atoms with Gasteiger partial charge in [0.25, 0.3) is 0 Å². The van der Waals surface area contributed by atoms with E-state index in [0.717, 1.165) is 17.1 Å². The maximum Gasteiger partial charge on any atom is 0.236 e. The molecule has 2 aromatic rings. The number of carbonyl (C=O) groups is 1. The van der Waals surface area contributed by atoms with Gasteiger partial charge < -0.3 is 19.3 Å². The van der Waals surface area contributed by atoms with E-state index in [1.165, 1.54) is 6.07 Å². The van der Waals surface area contributed by atoms with Crippen molar-refractivity contribution in [2.45, 2.75) is 6.54 Å². The van der Waals surface area contributed by atoms with Crippen molar-refractivity contribution in [1.29, 1.82) is 0 Å². The molecule has 0 saturated carbocycles. The van der Waals surface area contributed by atoms with Crippen molar-refractivity contribution in [3.8, 4) is 11.5 Å². The molecule has 1 saturated heterocycles. The number of hydrogen-bond acceptors (Lipinski definition) is 5. The minimum Gasteiger partial charge on any atom is -0.454 e. The lowest BCUT2D eigenvalue weighted by molar-refractivity contribution is -0.132. The number of likely N-dealkylation sites (N-methyl/N-ethyl adjacent to an activating group) is 1. The zero-order valence-electron chi connectivity index (χ0n) is 15.9. The van der Waals surface area contributed by atoms with Crippen molar-refractivity contribution in [2.75, 3.05) is 51.5 Å². The van der Waals surface area contributed by atoms with Gasteiger partial charge in [-0.1, -0.05) is 18.2 Å². The molecule has 0 aromatic heterocycles. The van der Waals surface area contributed by atoms with Crippen molar-refractivity contribution >= 4 is 11.6 Å². The molecule has 6 nitrogen and oxygen atoms in total. The van der Waals surface area contributed by atoms with E-state index < -0.39 is 0 Å². The first-order valence-electron chi connectivity index (χ1n) is 9.44. The summed E-state index contributed by atoms with van der Waals surface area (Å²) in [4.78, 5) is 18.5. The van der Waals surface area contributed by atoms with Crippen LogP contribution in [0.1, 0.15) is 5.56 Å². The molecule has 0 aliphatic carbocycles. The molecule has 0 atom stereocenters. The normalized spacial score (nSPS) is 16.0. The van der Waals surface area contributed by atoms with Crippen molar-refractivity contribution < 1.29 is 18.7 Å². The first kappa shape index (κ1) is 18.6. The van der Waals surface area contributed by atoms with E-state index in [9.17, 15) is 9.18 Å². The number of anilines is 1. The minimum absolute atomic E-state index is 0.0939. The summed E-state index contributed by atoms with van der Waals surface area (Å²) < 4.78 is 24.7. The van der Waals surface area contributed by atoms with E-state index in [0.29, 0.717) is 45.0 Å². The van der Waals surface area contributed by atoms with E-state index in [-0.39, 0.29) is 18.5 Å². The summed E-state index contributed by atoms with van der Waals surface area (Å²) in [6.45, 7) is 3.73.